The van der Waals surface area contributed by atoms with E-state index in [1.807, 2.05) is 0 Å². The van der Waals surface area contributed by atoms with E-state index < -0.39 is 0 Å². The molecule has 0 aromatic carbocycles. The van der Waals surface area contributed by atoms with Crippen molar-refractivity contribution >= 4 is 0 Å². The molecular weight excluding hydrogens is 148 g/mol. The van der Waals surface area contributed by atoms with Gasteiger partial charge in [-0.25, -0.2) is 0 Å². The molecule has 1 saturated carbocycles. The van der Waals surface area contributed by atoms with E-state index in [0.29, 0.717) is 0 Å². The second-order valence-electron chi connectivity index (χ2n) is 4.28. The van der Waals surface area contributed by atoms with Crippen LogP contribution >= 0.6 is 0 Å². The van der Waals surface area contributed by atoms with Crippen molar-refractivity contribution < 1.29 is 4.74 Å². The van der Waals surface area contributed by atoms with Gasteiger partial charge in [0.1, 0.15) is 0 Å². The summed E-state index contributed by atoms with van der Waals surface area (Å²) in [5, 5.41) is 0. The summed E-state index contributed by atoms with van der Waals surface area (Å²) in [5.41, 5.74) is 1.79. The Morgan fingerprint density at radius 3 is 2.67 bits per heavy atom. The van der Waals surface area contributed by atoms with Crippen molar-refractivity contribution in [2.75, 3.05) is 6.61 Å². The topological polar surface area (TPSA) is 9.23 Å². The molecule has 0 radical (unpaired) electrons. The van der Waals surface area contributed by atoms with Crippen LogP contribution in [0.1, 0.15) is 45.4 Å². The molecule has 0 amide bonds. The van der Waals surface area contributed by atoms with Gasteiger partial charge in [-0.05, 0) is 26.2 Å². The molecule has 2 rings (SSSR count). The van der Waals surface area contributed by atoms with E-state index in [4.69, 9.17) is 4.74 Å². The monoisotopic (exact) mass is 166 g/mol. The average Bonchev–Trinajstić information content (AvgIpc) is 2.05. The fourth-order valence-corrected chi connectivity index (χ4v) is 2.51. The fraction of sp³-hybridized carbons (Fsp3) is 0.818. The van der Waals surface area contributed by atoms with Gasteiger partial charge >= 0.3 is 0 Å². The number of rotatable bonds is 0. The van der Waals surface area contributed by atoms with Gasteiger partial charge in [-0.2, -0.15) is 0 Å². The molecule has 1 heterocycles. The average molecular weight is 166 g/mol. The fourth-order valence-electron chi connectivity index (χ4n) is 2.51. The lowest BCUT2D eigenvalue weighted by molar-refractivity contribution is -0.0646. The Labute approximate surface area is 74.8 Å². The van der Waals surface area contributed by atoms with E-state index in [2.05, 4.69) is 13.0 Å². The Hall–Kier alpha value is -0.300. The third-order valence-electron chi connectivity index (χ3n) is 3.19. The van der Waals surface area contributed by atoms with Gasteiger partial charge in [0.25, 0.3) is 0 Å². The van der Waals surface area contributed by atoms with Crippen molar-refractivity contribution in [2.45, 2.75) is 51.0 Å². The summed E-state index contributed by atoms with van der Waals surface area (Å²) in [5.74, 6) is 0. The van der Waals surface area contributed by atoms with Crippen molar-refractivity contribution in [1.29, 1.82) is 0 Å². The van der Waals surface area contributed by atoms with Crippen LogP contribution in [-0.2, 0) is 4.74 Å². The summed E-state index contributed by atoms with van der Waals surface area (Å²) >= 11 is 0. The quantitative estimate of drug-likeness (QED) is 0.502. The van der Waals surface area contributed by atoms with Crippen LogP contribution in [0.5, 0.6) is 0 Å². The maximum absolute atomic E-state index is 5.90. The summed E-state index contributed by atoms with van der Waals surface area (Å²) in [6, 6.07) is 0. The molecule has 0 bridgehead atoms. The van der Waals surface area contributed by atoms with E-state index in [-0.39, 0.29) is 5.60 Å². The van der Waals surface area contributed by atoms with Crippen LogP contribution in [0.15, 0.2) is 11.6 Å². The van der Waals surface area contributed by atoms with E-state index in [0.717, 1.165) is 6.61 Å². The first-order chi connectivity index (χ1) is 5.81. The third-order valence-corrected chi connectivity index (χ3v) is 3.19. The highest BCUT2D eigenvalue weighted by Gasteiger charge is 2.34. The first kappa shape index (κ1) is 8.31. The Kier molecular flexibility index (Phi) is 2.22. The summed E-state index contributed by atoms with van der Waals surface area (Å²) < 4.78 is 5.90. The first-order valence-electron chi connectivity index (χ1n) is 5.10. The molecule has 0 atom stereocenters. The standard InChI is InChI=1S/C11H18O/c1-10-5-8-12-11(9-10)6-3-2-4-7-11/h5H,2-4,6-9H2,1H3. The predicted octanol–water partition coefficient (Wildman–Crippen LogP) is 3.06. The summed E-state index contributed by atoms with van der Waals surface area (Å²) in [6.07, 6.45) is 10.1. The minimum Gasteiger partial charge on any atom is -0.371 e. The van der Waals surface area contributed by atoms with Crippen molar-refractivity contribution in [3.8, 4) is 0 Å². The van der Waals surface area contributed by atoms with Gasteiger partial charge < -0.3 is 4.74 Å². The minimum absolute atomic E-state index is 0.261. The van der Waals surface area contributed by atoms with Crippen molar-refractivity contribution in [3.63, 3.8) is 0 Å². The lowest BCUT2D eigenvalue weighted by Crippen LogP contribution is -2.37. The van der Waals surface area contributed by atoms with Crippen molar-refractivity contribution in [3.05, 3.63) is 11.6 Å². The van der Waals surface area contributed by atoms with Crippen LogP contribution in [0.4, 0.5) is 0 Å². The largest absolute Gasteiger partial charge is 0.371 e. The highest BCUT2D eigenvalue weighted by Crippen LogP contribution is 2.38. The van der Waals surface area contributed by atoms with E-state index in [1.54, 1.807) is 0 Å². The van der Waals surface area contributed by atoms with Crippen LogP contribution in [0.2, 0.25) is 0 Å². The molecular formula is C11H18O. The van der Waals surface area contributed by atoms with E-state index in [9.17, 15) is 0 Å². The molecule has 1 spiro atoms. The smallest absolute Gasteiger partial charge is 0.0723 e. The zero-order valence-corrected chi connectivity index (χ0v) is 7.94. The zero-order valence-electron chi connectivity index (χ0n) is 7.94. The molecule has 0 saturated heterocycles. The Bertz CT molecular complexity index is 187. The van der Waals surface area contributed by atoms with Crippen molar-refractivity contribution in [1.82, 2.24) is 0 Å². The predicted molar refractivity (Wildman–Crippen MR) is 50.1 cm³/mol. The first-order valence-corrected chi connectivity index (χ1v) is 5.10. The maximum atomic E-state index is 5.90. The SMILES string of the molecule is CC1=CCOC2(CCCCC2)C1. The van der Waals surface area contributed by atoms with Gasteiger partial charge in [0.05, 0.1) is 12.2 Å². The van der Waals surface area contributed by atoms with Crippen LogP contribution in [0.25, 0.3) is 0 Å². The summed E-state index contributed by atoms with van der Waals surface area (Å²) in [4.78, 5) is 0. The van der Waals surface area contributed by atoms with Crippen LogP contribution in [0, 0.1) is 0 Å². The summed E-state index contributed by atoms with van der Waals surface area (Å²) in [6.45, 7) is 3.09. The lowest BCUT2D eigenvalue weighted by atomic mass is 9.79. The Balaban J connectivity index is 2.05. The molecule has 1 aliphatic carbocycles. The number of ether oxygens (including phenoxy) is 1. The van der Waals surface area contributed by atoms with E-state index >= 15 is 0 Å². The molecule has 1 aliphatic heterocycles. The molecule has 12 heavy (non-hydrogen) atoms. The Morgan fingerprint density at radius 1 is 1.25 bits per heavy atom. The molecule has 68 valence electrons. The minimum atomic E-state index is 0.261. The number of hydrogen-bond donors (Lipinski definition) is 0. The Morgan fingerprint density at radius 2 is 2.00 bits per heavy atom. The van der Waals surface area contributed by atoms with Gasteiger partial charge in [0.2, 0.25) is 0 Å². The highest BCUT2D eigenvalue weighted by molar-refractivity contribution is 5.08. The van der Waals surface area contributed by atoms with Gasteiger partial charge in [-0.15, -0.1) is 0 Å². The maximum Gasteiger partial charge on any atom is 0.0723 e. The molecule has 1 fully saturated rings. The third kappa shape index (κ3) is 1.56. The molecule has 0 aromatic heterocycles. The van der Waals surface area contributed by atoms with Crippen molar-refractivity contribution in [2.24, 2.45) is 0 Å². The molecule has 1 nitrogen and oxygen atoms in total. The van der Waals surface area contributed by atoms with Gasteiger partial charge in [-0.1, -0.05) is 30.9 Å². The number of hydrogen-bond acceptors (Lipinski definition) is 1. The second-order valence-corrected chi connectivity index (χ2v) is 4.28. The van der Waals surface area contributed by atoms with Crippen LogP contribution in [0.3, 0.4) is 0 Å². The van der Waals surface area contributed by atoms with Gasteiger partial charge in [0, 0.05) is 0 Å². The second kappa shape index (κ2) is 3.21. The summed E-state index contributed by atoms with van der Waals surface area (Å²) in [7, 11) is 0. The molecule has 0 aromatic rings. The molecule has 0 unspecified atom stereocenters. The molecule has 1 heteroatoms. The van der Waals surface area contributed by atoms with Crippen LogP contribution < -0.4 is 0 Å². The zero-order chi connectivity index (χ0) is 8.44. The highest BCUT2D eigenvalue weighted by atomic mass is 16.5. The van der Waals surface area contributed by atoms with Gasteiger partial charge in [-0.3, -0.25) is 0 Å². The van der Waals surface area contributed by atoms with E-state index in [1.165, 1.54) is 44.1 Å². The van der Waals surface area contributed by atoms with Crippen LogP contribution in [-0.4, -0.2) is 12.2 Å². The molecule has 0 N–H and O–H groups in total. The lowest BCUT2D eigenvalue weighted by Gasteiger charge is -2.39. The normalized spacial score (nSPS) is 28.6. The molecule has 2 aliphatic rings. The van der Waals surface area contributed by atoms with Gasteiger partial charge in [0.15, 0.2) is 0 Å².